The minimum absolute atomic E-state index is 0.161. The lowest BCUT2D eigenvalue weighted by atomic mass is 9.93. The molecule has 0 radical (unpaired) electrons. The predicted octanol–water partition coefficient (Wildman–Crippen LogP) is 3.69. The van der Waals surface area contributed by atoms with Gasteiger partial charge in [0.15, 0.2) is 11.5 Å². The van der Waals surface area contributed by atoms with Gasteiger partial charge in [-0.05, 0) is 37.7 Å². The van der Waals surface area contributed by atoms with E-state index >= 15 is 0 Å². The molecule has 0 amide bonds. The lowest BCUT2D eigenvalue weighted by molar-refractivity contribution is -0.159. The summed E-state index contributed by atoms with van der Waals surface area (Å²) in [5.74, 6) is 2.82. The van der Waals surface area contributed by atoms with E-state index in [4.69, 9.17) is 9.15 Å². The van der Waals surface area contributed by atoms with Crippen molar-refractivity contribution in [3.8, 4) is 5.75 Å². The van der Waals surface area contributed by atoms with Crippen molar-refractivity contribution in [3.63, 3.8) is 0 Å². The van der Waals surface area contributed by atoms with Gasteiger partial charge in [-0.1, -0.05) is 25.1 Å². The molecule has 0 unspecified atom stereocenters. The predicted molar refractivity (Wildman–Crippen MR) is 100 cm³/mol. The van der Waals surface area contributed by atoms with Gasteiger partial charge in [0.1, 0.15) is 11.5 Å². The van der Waals surface area contributed by atoms with Crippen LogP contribution in [0, 0.1) is 6.92 Å². The second kappa shape index (κ2) is 5.89. The molecular formula is C21H25N3O2. The number of aryl methyl sites for hydroxylation is 1. The number of hydrogen-bond donors (Lipinski definition) is 1. The van der Waals surface area contributed by atoms with Gasteiger partial charge in [0.05, 0.1) is 11.7 Å². The molecule has 5 heteroatoms. The van der Waals surface area contributed by atoms with E-state index in [2.05, 4.69) is 52.6 Å². The van der Waals surface area contributed by atoms with Crippen LogP contribution >= 0.6 is 0 Å². The smallest absolute Gasteiger partial charge is 0.182 e. The van der Waals surface area contributed by atoms with Crippen LogP contribution in [0.25, 0.3) is 5.70 Å². The van der Waals surface area contributed by atoms with Gasteiger partial charge in [-0.15, -0.1) is 0 Å². The third kappa shape index (κ3) is 2.38. The number of hydrazine groups is 1. The largest absolute Gasteiger partial charge is 0.470 e. The number of likely N-dealkylation sites (tertiary alicyclic amines) is 1. The average Bonchev–Trinajstić information content (AvgIpc) is 3.30. The van der Waals surface area contributed by atoms with E-state index < -0.39 is 0 Å². The highest BCUT2D eigenvalue weighted by molar-refractivity contribution is 5.64. The number of para-hydroxylation sites is 1. The van der Waals surface area contributed by atoms with Crippen molar-refractivity contribution in [1.29, 1.82) is 0 Å². The van der Waals surface area contributed by atoms with Crippen molar-refractivity contribution in [2.45, 2.75) is 38.5 Å². The molecule has 1 saturated heterocycles. The van der Waals surface area contributed by atoms with E-state index in [1.807, 2.05) is 19.1 Å². The zero-order valence-corrected chi connectivity index (χ0v) is 15.4. The first kappa shape index (κ1) is 16.0. The van der Waals surface area contributed by atoms with Crippen LogP contribution in [0.15, 0.2) is 46.9 Å². The molecule has 2 aromatic rings. The third-order valence-electron chi connectivity index (χ3n) is 5.91. The summed E-state index contributed by atoms with van der Waals surface area (Å²) in [6.07, 6.45) is 4.24. The molecule has 1 N–H and O–H groups in total. The molecular weight excluding hydrogens is 326 g/mol. The quantitative estimate of drug-likeness (QED) is 0.893. The Morgan fingerprint density at radius 2 is 1.96 bits per heavy atom. The Kier molecular flexibility index (Phi) is 3.62. The van der Waals surface area contributed by atoms with Crippen molar-refractivity contribution in [3.05, 3.63) is 59.6 Å². The molecule has 4 heterocycles. The standard InChI is InChI=1S/C21H25N3O2/c1-3-23-12-10-21(11-13-23)24-18(16-6-4-5-7-19(16)26-21)14-17(22-24)20-9-8-15(2)25-20/h4-9,14,18,22H,3,10-13H2,1-2H3/t18-/m1/s1. The minimum Gasteiger partial charge on any atom is -0.470 e. The van der Waals surface area contributed by atoms with Gasteiger partial charge in [0, 0.05) is 31.5 Å². The fourth-order valence-electron chi connectivity index (χ4n) is 4.40. The maximum Gasteiger partial charge on any atom is 0.182 e. The number of benzene rings is 1. The third-order valence-corrected chi connectivity index (χ3v) is 5.91. The van der Waals surface area contributed by atoms with Gasteiger partial charge in [0.2, 0.25) is 0 Å². The molecule has 1 fully saturated rings. The van der Waals surface area contributed by atoms with Crippen molar-refractivity contribution >= 4 is 5.70 Å². The fraction of sp³-hybridized carbons (Fsp3) is 0.429. The Bertz CT molecular complexity index is 848. The van der Waals surface area contributed by atoms with E-state index in [0.717, 1.165) is 55.4 Å². The summed E-state index contributed by atoms with van der Waals surface area (Å²) in [4.78, 5) is 2.49. The van der Waals surface area contributed by atoms with E-state index in [0.29, 0.717) is 0 Å². The Balaban J connectivity index is 1.54. The number of ether oxygens (including phenoxy) is 1. The van der Waals surface area contributed by atoms with Gasteiger partial charge in [-0.25, -0.2) is 0 Å². The van der Waals surface area contributed by atoms with Gasteiger partial charge in [-0.3, -0.25) is 0 Å². The van der Waals surface area contributed by atoms with E-state index in [9.17, 15) is 0 Å². The van der Waals surface area contributed by atoms with Crippen LogP contribution < -0.4 is 10.2 Å². The van der Waals surface area contributed by atoms with Crippen LogP contribution in [0.4, 0.5) is 0 Å². The first-order valence-electron chi connectivity index (χ1n) is 9.53. The van der Waals surface area contributed by atoms with Crippen molar-refractivity contribution in [2.24, 2.45) is 0 Å². The van der Waals surface area contributed by atoms with E-state index in [-0.39, 0.29) is 11.8 Å². The highest BCUT2D eigenvalue weighted by Crippen LogP contribution is 2.48. The molecule has 1 spiro atoms. The lowest BCUT2D eigenvalue weighted by Crippen LogP contribution is -2.63. The Morgan fingerprint density at radius 3 is 2.69 bits per heavy atom. The summed E-state index contributed by atoms with van der Waals surface area (Å²) in [5, 5.41) is 2.32. The van der Waals surface area contributed by atoms with Gasteiger partial charge in [0.25, 0.3) is 0 Å². The molecule has 0 aliphatic carbocycles. The summed E-state index contributed by atoms with van der Waals surface area (Å²) in [6.45, 7) is 7.41. The molecule has 1 aromatic carbocycles. The normalized spacial score (nSPS) is 24.5. The lowest BCUT2D eigenvalue weighted by Gasteiger charge is -2.51. The molecule has 0 bridgehead atoms. The van der Waals surface area contributed by atoms with Crippen molar-refractivity contribution in [2.75, 3.05) is 19.6 Å². The zero-order valence-electron chi connectivity index (χ0n) is 15.4. The SMILES string of the molecule is CCN1CCC2(CC1)Oc1ccccc1[C@H]1C=C(c3ccc(C)o3)NN12. The zero-order chi connectivity index (χ0) is 17.7. The topological polar surface area (TPSA) is 40.9 Å². The van der Waals surface area contributed by atoms with Crippen molar-refractivity contribution in [1.82, 2.24) is 15.3 Å². The summed E-state index contributed by atoms with van der Waals surface area (Å²) < 4.78 is 12.5. The van der Waals surface area contributed by atoms with E-state index in [1.165, 1.54) is 5.56 Å². The first-order valence-corrected chi connectivity index (χ1v) is 9.53. The number of furan rings is 1. The van der Waals surface area contributed by atoms with Crippen LogP contribution in [0.5, 0.6) is 5.75 Å². The maximum atomic E-state index is 6.63. The molecule has 26 heavy (non-hydrogen) atoms. The summed E-state index contributed by atoms with van der Waals surface area (Å²) in [6, 6.07) is 12.6. The molecule has 3 aliphatic rings. The highest BCUT2D eigenvalue weighted by Gasteiger charge is 2.51. The van der Waals surface area contributed by atoms with Gasteiger partial charge in [-0.2, -0.15) is 5.01 Å². The number of nitrogens with zero attached hydrogens (tertiary/aromatic N) is 2. The van der Waals surface area contributed by atoms with E-state index in [1.54, 1.807) is 0 Å². The van der Waals surface area contributed by atoms with Crippen LogP contribution in [-0.2, 0) is 0 Å². The molecule has 3 aliphatic heterocycles. The van der Waals surface area contributed by atoms with Crippen LogP contribution in [0.3, 0.4) is 0 Å². The van der Waals surface area contributed by atoms with Crippen LogP contribution in [-0.4, -0.2) is 35.3 Å². The summed E-state index contributed by atoms with van der Waals surface area (Å²) >= 11 is 0. The van der Waals surface area contributed by atoms with Crippen molar-refractivity contribution < 1.29 is 9.15 Å². The molecule has 136 valence electrons. The number of piperidine rings is 1. The van der Waals surface area contributed by atoms with Crippen LogP contribution in [0.2, 0.25) is 0 Å². The number of hydrogen-bond acceptors (Lipinski definition) is 5. The second-order valence-corrected chi connectivity index (χ2v) is 7.44. The molecule has 1 aromatic heterocycles. The molecule has 1 atom stereocenters. The van der Waals surface area contributed by atoms with Gasteiger partial charge >= 0.3 is 0 Å². The molecule has 0 saturated carbocycles. The maximum absolute atomic E-state index is 6.63. The summed E-state index contributed by atoms with van der Waals surface area (Å²) in [7, 11) is 0. The second-order valence-electron chi connectivity index (χ2n) is 7.44. The average molecular weight is 351 g/mol. The highest BCUT2D eigenvalue weighted by atomic mass is 16.5. The van der Waals surface area contributed by atoms with Crippen LogP contribution in [0.1, 0.15) is 42.9 Å². The molecule has 5 nitrogen and oxygen atoms in total. The Hall–Kier alpha value is -2.24. The Morgan fingerprint density at radius 1 is 1.15 bits per heavy atom. The monoisotopic (exact) mass is 351 g/mol. The number of fused-ring (bicyclic) bond motifs is 4. The Labute approximate surface area is 154 Å². The first-order chi connectivity index (χ1) is 12.7. The summed E-state index contributed by atoms with van der Waals surface area (Å²) in [5.41, 5.74) is 5.54. The number of rotatable bonds is 2. The minimum atomic E-state index is -0.315. The van der Waals surface area contributed by atoms with Gasteiger partial charge < -0.3 is 19.5 Å². The fourth-order valence-corrected chi connectivity index (χ4v) is 4.40. The number of nitrogens with one attached hydrogen (secondary N) is 1. The molecule has 5 rings (SSSR count).